The van der Waals surface area contributed by atoms with Crippen molar-refractivity contribution in [1.29, 1.82) is 0 Å². The average molecular weight is 224 g/mol. The summed E-state index contributed by atoms with van der Waals surface area (Å²) in [6.07, 6.45) is 4.13. The molecule has 0 aromatic heterocycles. The molecule has 15 heavy (non-hydrogen) atoms. The summed E-state index contributed by atoms with van der Waals surface area (Å²) in [4.78, 5) is 0. The molecule has 1 saturated carbocycles. The molecule has 0 saturated heterocycles. The number of nitrogens with one attached hydrogen (secondary N) is 1. The van der Waals surface area contributed by atoms with Gasteiger partial charge in [0.1, 0.15) is 0 Å². The van der Waals surface area contributed by atoms with Crippen molar-refractivity contribution in [2.45, 2.75) is 37.1 Å². The van der Waals surface area contributed by atoms with Gasteiger partial charge in [-0.05, 0) is 49.3 Å². The van der Waals surface area contributed by atoms with Crippen LogP contribution < -0.4 is 5.32 Å². The number of benzene rings is 1. The molecule has 1 nitrogen and oxygen atoms in total. The van der Waals surface area contributed by atoms with E-state index in [4.69, 9.17) is 0 Å². The summed E-state index contributed by atoms with van der Waals surface area (Å²) in [6, 6.07) is 9.76. The standard InChI is InChI=1S/C13H17N.ClH/c1-14-13-8-9-6-7-12(13)11-5-3-2-4-10(9)11;/h2-5,9,12-14H,6-8H2,1H3;1H/t9-,12-,13+;/m1./s1. The molecule has 0 radical (unpaired) electrons. The fourth-order valence-electron chi connectivity index (χ4n) is 3.36. The number of hydrogen-bond donors (Lipinski definition) is 1. The minimum atomic E-state index is 0. The summed E-state index contributed by atoms with van der Waals surface area (Å²) < 4.78 is 0. The minimum Gasteiger partial charge on any atom is -0.316 e. The molecule has 82 valence electrons. The van der Waals surface area contributed by atoms with Gasteiger partial charge in [0.25, 0.3) is 0 Å². The van der Waals surface area contributed by atoms with Crippen LogP contribution in [0.4, 0.5) is 0 Å². The maximum Gasteiger partial charge on any atom is 0.0139 e. The Morgan fingerprint density at radius 1 is 1.13 bits per heavy atom. The lowest BCUT2D eigenvalue weighted by atomic mass is 9.64. The van der Waals surface area contributed by atoms with Crippen LogP contribution in [0.15, 0.2) is 24.3 Å². The first-order valence-corrected chi connectivity index (χ1v) is 5.66. The van der Waals surface area contributed by atoms with E-state index in [-0.39, 0.29) is 12.4 Å². The fraction of sp³-hybridized carbons (Fsp3) is 0.538. The number of rotatable bonds is 1. The highest BCUT2D eigenvalue weighted by Gasteiger charge is 2.38. The maximum atomic E-state index is 3.48. The van der Waals surface area contributed by atoms with Crippen LogP contribution >= 0.6 is 12.4 Å². The summed E-state index contributed by atoms with van der Waals surface area (Å²) in [5.41, 5.74) is 3.25. The van der Waals surface area contributed by atoms with Gasteiger partial charge in [-0.2, -0.15) is 0 Å². The maximum absolute atomic E-state index is 3.48. The summed E-state index contributed by atoms with van der Waals surface area (Å²) >= 11 is 0. The van der Waals surface area contributed by atoms with E-state index in [0.29, 0.717) is 0 Å². The van der Waals surface area contributed by atoms with E-state index in [9.17, 15) is 0 Å². The van der Waals surface area contributed by atoms with Crippen molar-refractivity contribution in [2.75, 3.05) is 7.05 Å². The number of fused-ring (bicyclic) bond motifs is 2. The lowest BCUT2D eigenvalue weighted by Gasteiger charge is -2.44. The Balaban J connectivity index is 0.000000853. The third kappa shape index (κ3) is 1.58. The Hall–Kier alpha value is -0.530. The summed E-state index contributed by atoms with van der Waals surface area (Å²) in [5, 5.41) is 3.48. The predicted molar refractivity (Wildman–Crippen MR) is 65.9 cm³/mol. The molecule has 0 aliphatic heterocycles. The molecule has 3 atom stereocenters. The summed E-state index contributed by atoms with van der Waals surface area (Å²) in [7, 11) is 2.11. The second-order valence-corrected chi connectivity index (χ2v) is 4.64. The van der Waals surface area contributed by atoms with Crippen molar-refractivity contribution in [2.24, 2.45) is 0 Å². The normalized spacial score (nSPS) is 31.9. The van der Waals surface area contributed by atoms with Crippen LogP contribution in [0.25, 0.3) is 0 Å². The highest BCUT2D eigenvalue weighted by Crippen LogP contribution is 2.48. The van der Waals surface area contributed by atoms with Gasteiger partial charge in [0.15, 0.2) is 0 Å². The third-order valence-corrected chi connectivity index (χ3v) is 4.06. The molecule has 1 aromatic rings. The van der Waals surface area contributed by atoms with Crippen molar-refractivity contribution in [3.05, 3.63) is 35.4 Å². The van der Waals surface area contributed by atoms with Crippen molar-refractivity contribution < 1.29 is 0 Å². The van der Waals surface area contributed by atoms with Gasteiger partial charge >= 0.3 is 0 Å². The average Bonchev–Trinajstić information content (AvgIpc) is 2.30. The number of hydrogen-bond acceptors (Lipinski definition) is 1. The first kappa shape index (κ1) is 11.0. The molecule has 0 heterocycles. The largest absolute Gasteiger partial charge is 0.316 e. The minimum absolute atomic E-state index is 0. The van der Waals surface area contributed by atoms with E-state index < -0.39 is 0 Å². The Morgan fingerprint density at radius 2 is 1.87 bits per heavy atom. The van der Waals surface area contributed by atoms with Crippen LogP contribution in [-0.2, 0) is 0 Å². The quantitative estimate of drug-likeness (QED) is 0.772. The van der Waals surface area contributed by atoms with Gasteiger partial charge in [0, 0.05) is 6.04 Å². The first-order chi connectivity index (χ1) is 6.90. The second kappa shape index (κ2) is 4.15. The molecule has 2 bridgehead atoms. The molecule has 2 heteroatoms. The lowest BCUT2D eigenvalue weighted by Crippen LogP contribution is -2.41. The molecular formula is C13H18ClN. The van der Waals surface area contributed by atoms with Crippen LogP contribution in [0.3, 0.4) is 0 Å². The van der Waals surface area contributed by atoms with Gasteiger partial charge in [-0.3, -0.25) is 0 Å². The van der Waals surface area contributed by atoms with E-state index in [1.807, 2.05) is 0 Å². The molecule has 1 N–H and O–H groups in total. The monoisotopic (exact) mass is 223 g/mol. The molecule has 3 aliphatic rings. The number of halogens is 1. The predicted octanol–water partition coefficient (Wildman–Crippen LogP) is 3.06. The van der Waals surface area contributed by atoms with Gasteiger partial charge in [-0.1, -0.05) is 24.3 Å². The lowest BCUT2D eigenvalue weighted by molar-refractivity contribution is 0.283. The van der Waals surface area contributed by atoms with E-state index in [0.717, 1.165) is 17.9 Å². The molecule has 0 amide bonds. The zero-order valence-corrected chi connectivity index (χ0v) is 9.89. The van der Waals surface area contributed by atoms with Crippen LogP contribution in [0.1, 0.15) is 42.2 Å². The highest BCUT2D eigenvalue weighted by molar-refractivity contribution is 5.85. The Kier molecular flexibility index (Phi) is 3.03. The van der Waals surface area contributed by atoms with Crippen LogP contribution in [0, 0.1) is 0 Å². The molecule has 0 spiro atoms. The van der Waals surface area contributed by atoms with Gasteiger partial charge in [-0.15, -0.1) is 12.4 Å². The Bertz CT molecular complexity index is 350. The Morgan fingerprint density at radius 3 is 2.60 bits per heavy atom. The van der Waals surface area contributed by atoms with E-state index in [1.54, 1.807) is 11.1 Å². The van der Waals surface area contributed by atoms with E-state index in [1.165, 1.54) is 19.3 Å². The van der Waals surface area contributed by atoms with Gasteiger partial charge in [0.05, 0.1) is 0 Å². The van der Waals surface area contributed by atoms with Crippen molar-refractivity contribution in [3.8, 4) is 0 Å². The first-order valence-electron chi connectivity index (χ1n) is 5.66. The van der Waals surface area contributed by atoms with Crippen molar-refractivity contribution >= 4 is 12.4 Å². The summed E-state index contributed by atoms with van der Waals surface area (Å²) in [5.74, 6) is 1.61. The molecular weight excluding hydrogens is 206 g/mol. The smallest absolute Gasteiger partial charge is 0.0139 e. The SMILES string of the molecule is CN[C@H]1C[C@H]2CC[C@@H]1c1ccccc12.Cl. The molecule has 1 aromatic carbocycles. The van der Waals surface area contributed by atoms with Gasteiger partial charge < -0.3 is 5.32 Å². The van der Waals surface area contributed by atoms with Crippen LogP contribution in [-0.4, -0.2) is 13.1 Å². The fourth-order valence-corrected chi connectivity index (χ4v) is 3.36. The summed E-state index contributed by atoms with van der Waals surface area (Å²) in [6.45, 7) is 0. The topological polar surface area (TPSA) is 12.0 Å². The number of likely N-dealkylation sites (N-methyl/N-ethyl adjacent to an activating group) is 1. The third-order valence-electron chi connectivity index (χ3n) is 4.06. The van der Waals surface area contributed by atoms with Crippen LogP contribution in [0.2, 0.25) is 0 Å². The Labute approximate surface area is 97.7 Å². The van der Waals surface area contributed by atoms with Gasteiger partial charge in [0.2, 0.25) is 0 Å². The zero-order chi connectivity index (χ0) is 9.54. The zero-order valence-electron chi connectivity index (χ0n) is 9.07. The van der Waals surface area contributed by atoms with E-state index >= 15 is 0 Å². The van der Waals surface area contributed by atoms with Crippen molar-refractivity contribution in [3.63, 3.8) is 0 Å². The molecule has 4 rings (SSSR count). The molecule has 1 fully saturated rings. The molecule has 0 unspecified atom stereocenters. The van der Waals surface area contributed by atoms with E-state index in [2.05, 4.69) is 36.6 Å². The second-order valence-electron chi connectivity index (χ2n) is 4.64. The van der Waals surface area contributed by atoms with Crippen LogP contribution in [0.5, 0.6) is 0 Å². The van der Waals surface area contributed by atoms with Crippen molar-refractivity contribution in [1.82, 2.24) is 5.32 Å². The molecule has 3 aliphatic carbocycles. The van der Waals surface area contributed by atoms with Gasteiger partial charge in [-0.25, -0.2) is 0 Å². The highest BCUT2D eigenvalue weighted by atomic mass is 35.5.